The van der Waals surface area contributed by atoms with E-state index in [0.717, 1.165) is 18.3 Å². The topological polar surface area (TPSA) is 29.9 Å². The summed E-state index contributed by atoms with van der Waals surface area (Å²) in [6.07, 6.45) is 7.65. The molecule has 1 fully saturated rings. The van der Waals surface area contributed by atoms with Gasteiger partial charge in [-0.25, -0.2) is 4.98 Å². The maximum absolute atomic E-state index is 4.46. The minimum atomic E-state index is 0.533. The fourth-order valence-electron chi connectivity index (χ4n) is 2.67. The molecule has 1 saturated carbocycles. The van der Waals surface area contributed by atoms with E-state index in [2.05, 4.69) is 35.6 Å². The molecule has 0 spiro atoms. The van der Waals surface area contributed by atoms with Crippen LogP contribution in [0.15, 0.2) is 6.20 Å². The molecular formula is C14H25N3. The molecule has 0 atom stereocenters. The zero-order valence-corrected chi connectivity index (χ0v) is 11.4. The van der Waals surface area contributed by atoms with Crippen LogP contribution < -0.4 is 5.32 Å². The Morgan fingerprint density at radius 3 is 2.76 bits per heavy atom. The fourth-order valence-corrected chi connectivity index (χ4v) is 2.67. The van der Waals surface area contributed by atoms with Crippen molar-refractivity contribution in [1.82, 2.24) is 14.9 Å². The molecule has 0 saturated heterocycles. The summed E-state index contributed by atoms with van der Waals surface area (Å²) in [6.45, 7) is 8.59. The van der Waals surface area contributed by atoms with Gasteiger partial charge in [-0.1, -0.05) is 26.7 Å². The van der Waals surface area contributed by atoms with Crippen molar-refractivity contribution in [2.24, 2.45) is 5.92 Å². The summed E-state index contributed by atoms with van der Waals surface area (Å²) in [6, 6.07) is 0.533. The van der Waals surface area contributed by atoms with Gasteiger partial charge < -0.3 is 9.88 Å². The third-order valence-corrected chi connectivity index (χ3v) is 3.74. The van der Waals surface area contributed by atoms with Crippen molar-refractivity contribution < 1.29 is 0 Å². The minimum absolute atomic E-state index is 0.533. The Morgan fingerprint density at radius 2 is 2.12 bits per heavy atom. The Balaban J connectivity index is 2.00. The predicted molar refractivity (Wildman–Crippen MR) is 70.9 cm³/mol. The highest BCUT2D eigenvalue weighted by Gasteiger charge is 2.17. The van der Waals surface area contributed by atoms with E-state index in [4.69, 9.17) is 0 Å². The summed E-state index contributed by atoms with van der Waals surface area (Å²) in [4.78, 5) is 4.46. The van der Waals surface area contributed by atoms with E-state index in [1.165, 1.54) is 37.9 Å². The largest absolute Gasteiger partial charge is 0.331 e. The molecule has 0 unspecified atom stereocenters. The van der Waals surface area contributed by atoms with Gasteiger partial charge in [0.25, 0.3) is 0 Å². The van der Waals surface area contributed by atoms with E-state index in [1.807, 2.05) is 6.20 Å². The normalized spacial score (nSPS) is 17.2. The molecule has 96 valence electrons. The van der Waals surface area contributed by atoms with Gasteiger partial charge in [0.1, 0.15) is 5.82 Å². The zero-order valence-electron chi connectivity index (χ0n) is 11.4. The van der Waals surface area contributed by atoms with Gasteiger partial charge in [0, 0.05) is 25.3 Å². The van der Waals surface area contributed by atoms with Gasteiger partial charge in [0.15, 0.2) is 0 Å². The number of nitrogens with one attached hydrogen (secondary N) is 1. The van der Waals surface area contributed by atoms with Crippen molar-refractivity contribution >= 4 is 0 Å². The highest BCUT2D eigenvalue weighted by atomic mass is 15.1. The van der Waals surface area contributed by atoms with Crippen molar-refractivity contribution in [1.29, 1.82) is 0 Å². The van der Waals surface area contributed by atoms with Crippen molar-refractivity contribution in [2.45, 2.75) is 65.6 Å². The number of rotatable bonds is 5. The SMILES string of the molecule is Cc1ncc(CNC(C)C)n1CC1CCCC1. The third kappa shape index (κ3) is 3.32. The van der Waals surface area contributed by atoms with E-state index >= 15 is 0 Å². The quantitative estimate of drug-likeness (QED) is 0.850. The molecular weight excluding hydrogens is 210 g/mol. The third-order valence-electron chi connectivity index (χ3n) is 3.74. The molecule has 0 aliphatic heterocycles. The van der Waals surface area contributed by atoms with Crippen LogP contribution in [0.1, 0.15) is 51.0 Å². The molecule has 1 N–H and O–H groups in total. The fraction of sp³-hybridized carbons (Fsp3) is 0.786. The van der Waals surface area contributed by atoms with Crippen molar-refractivity contribution in [3.05, 3.63) is 17.7 Å². The smallest absolute Gasteiger partial charge is 0.105 e. The molecule has 1 heterocycles. The lowest BCUT2D eigenvalue weighted by atomic mass is 10.1. The number of hydrogen-bond acceptors (Lipinski definition) is 2. The van der Waals surface area contributed by atoms with Crippen LogP contribution in [0.4, 0.5) is 0 Å². The highest BCUT2D eigenvalue weighted by Crippen LogP contribution is 2.27. The molecule has 2 rings (SSSR count). The Bertz CT molecular complexity index is 348. The van der Waals surface area contributed by atoms with Crippen LogP contribution >= 0.6 is 0 Å². The van der Waals surface area contributed by atoms with Crippen LogP contribution in [0.3, 0.4) is 0 Å². The predicted octanol–water partition coefficient (Wildman–Crippen LogP) is 2.88. The van der Waals surface area contributed by atoms with Gasteiger partial charge in [0.2, 0.25) is 0 Å². The second kappa shape index (κ2) is 5.67. The molecule has 0 amide bonds. The van der Waals surface area contributed by atoms with E-state index in [-0.39, 0.29) is 0 Å². The first kappa shape index (κ1) is 12.6. The Hall–Kier alpha value is -0.830. The van der Waals surface area contributed by atoms with Crippen molar-refractivity contribution in [2.75, 3.05) is 0 Å². The summed E-state index contributed by atoms with van der Waals surface area (Å²) in [7, 11) is 0. The molecule has 3 heteroatoms. The second-order valence-corrected chi connectivity index (χ2v) is 5.59. The van der Waals surface area contributed by atoms with Gasteiger partial charge >= 0.3 is 0 Å². The van der Waals surface area contributed by atoms with Gasteiger partial charge in [-0.3, -0.25) is 0 Å². The summed E-state index contributed by atoms with van der Waals surface area (Å²) in [5.74, 6) is 2.04. The zero-order chi connectivity index (χ0) is 12.3. The average Bonchev–Trinajstić information content (AvgIpc) is 2.89. The Kier molecular flexibility index (Phi) is 4.21. The Labute approximate surface area is 105 Å². The number of hydrogen-bond donors (Lipinski definition) is 1. The molecule has 1 aliphatic rings. The molecule has 0 aromatic carbocycles. The van der Waals surface area contributed by atoms with Crippen LogP contribution in [0, 0.1) is 12.8 Å². The summed E-state index contributed by atoms with van der Waals surface area (Å²) in [5.41, 5.74) is 1.34. The molecule has 0 bridgehead atoms. The van der Waals surface area contributed by atoms with Crippen LogP contribution in [0.5, 0.6) is 0 Å². The molecule has 1 aromatic heterocycles. The van der Waals surface area contributed by atoms with Gasteiger partial charge in [0.05, 0.1) is 5.69 Å². The first-order chi connectivity index (χ1) is 8.16. The van der Waals surface area contributed by atoms with Gasteiger partial charge in [-0.15, -0.1) is 0 Å². The standard InChI is InChI=1S/C14H25N3/c1-11(2)15-8-14-9-16-12(3)17(14)10-13-6-4-5-7-13/h9,11,13,15H,4-8,10H2,1-3H3. The lowest BCUT2D eigenvalue weighted by molar-refractivity contribution is 0.435. The number of aromatic nitrogens is 2. The van der Waals surface area contributed by atoms with E-state index < -0.39 is 0 Å². The lowest BCUT2D eigenvalue weighted by Gasteiger charge is -2.16. The van der Waals surface area contributed by atoms with E-state index in [1.54, 1.807) is 0 Å². The van der Waals surface area contributed by atoms with Gasteiger partial charge in [-0.05, 0) is 25.7 Å². The van der Waals surface area contributed by atoms with Crippen LogP contribution in [0.25, 0.3) is 0 Å². The summed E-state index contributed by atoms with van der Waals surface area (Å²) in [5, 5.41) is 3.48. The molecule has 1 aromatic rings. The lowest BCUT2D eigenvalue weighted by Crippen LogP contribution is -2.24. The van der Waals surface area contributed by atoms with Crippen molar-refractivity contribution in [3.63, 3.8) is 0 Å². The van der Waals surface area contributed by atoms with E-state index in [9.17, 15) is 0 Å². The molecule has 0 radical (unpaired) electrons. The first-order valence-electron chi connectivity index (χ1n) is 6.91. The monoisotopic (exact) mass is 235 g/mol. The van der Waals surface area contributed by atoms with Crippen LogP contribution in [-0.4, -0.2) is 15.6 Å². The maximum Gasteiger partial charge on any atom is 0.105 e. The van der Waals surface area contributed by atoms with Gasteiger partial charge in [-0.2, -0.15) is 0 Å². The first-order valence-corrected chi connectivity index (χ1v) is 6.91. The molecule has 17 heavy (non-hydrogen) atoms. The van der Waals surface area contributed by atoms with Crippen LogP contribution in [0.2, 0.25) is 0 Å². The number of imidazole rings is 1. The van der Waals surface area contributed by atoms with E-state index in [0.29, 0.717) is 6.04 Å². The van der Waals surface area contributed by atoms with Crippen molar-refractivity contribution in [3.8, 4) is 0 Å². The second-order valence-electron chi connectivity index (χ2n) is 5.59. The average molecular weight is 235 g/mol. The number of aryl methyl sites for hydroxylation is 1. The minimum Gasteiger partial charge on any atom is -0.331 e. The Morgan fingerprint density at radius 1 is 1.41 bits per heavy atom. The molecule has 1 aliphatic carbocycles. The highest BCUT2D eigenvalue weighted by molar-refractivity contribution is 5.05. The summed E-state index contributed by atoms with van der Waals surface area (Å²) >= 11 is 0. The summed E-state index contributed by atoms with van der Waals surface area (Å²) < 4.78 is 2.41. The van der Waals surface area contributed by atoms with Crippen LogP contribution in [-0.2, 0) is 13.1 Å². The number of nitrogens with zero attached hydrogens (tertiary/aromatic N) is 2. The molecule has 3 nitrogen and oxygen atoms in total. The maximum atomic E-state index is 4.46.